The van der Waals surface area contributed by atoms with Gasteiger partial charge in [-0.1, -0.05) is 70.7 Å². The van der Waals surface area contributed by atoms with Gasteiger partial charge in [0.05, 0.1) is 0 Å². The predicted molar refractivity (Wildman–Crippen MR) is 71.5 cm³/mol. The molecular formula is C15H22. The van der Waals surface area contributed by atoms with Crippen LogP contribution in [0.1, 0.15) is 35.2 Å². The molecule has 0 bridgehead atoms. The van der Waals surface area contributed by atoms with Crippen molar-refractivity contribution in [3.05, 3.63) is 48.0 Å². The Morgan fingerprint density at radius 3 is 2.13 bits per heavy atom. The fourth-order valence-corrected chi connectivity index (χ4v) is 1.88. The Kier molecular flexibility index (Phi) is 3.18. The standard InChI is InChI=1S/C14H16.CH4.H2/c1-14(2,3)13-10-6-8-11-7-4-5-9-12(11)13;;/h4-10H,1-3H3;1H4;1H/i;;1+1. The lowest BCUT2D eigenvalue weighted by Crippen LogP contribution is -2.11. The summed E-state index contributed by atoms with van der Waals surface area (Å²) in [4.78, 5) is 0. The molecule has 0 heteroatoms. The second kappa shape index (κ2) is 4.06. The summed E-state index contributed by atoms with van der Waals surface area (Å²) >= 11 is 0. The second-order valence-electron chi connectivity index (χ2n) is 4.78. The minimum Gasteiger partial charge on any atom is -0.0776 e. The summed E-state index contributed by atoms with van der Waals surface area (Å²) in [5.41, 5.74) is 1.65. The SMILES string of the molecule is C.CC(C)(C)c1cccc2ccccc12.[2HH]. The number of hydrogen-bond donors (Lipinski definition) is 0. The molecule has 0 radical (unpaired) electrons. The fourth-order valence-electron chi connectivity index (χ4n) is 1.88. The molecule has 0 aromatic heterocycles. The highest BCUT2D eigenvalue weighted by Crippen LogP contribution is 2.29. The molecule has 15 heavy (non-hydrogen) atoms. The maximum absolute atomic E-state index is 2.26. The first-order valence-electron chi connectivity index (χ1n) is 5.07. The zero-order chi connectivity index (χ0) is 10.2. The van der Waals surface area contributed by atoms with Crippen molar-refractivity contribution >= 4 is 10.8 Å². The van der Waals surface area contributed by atoms with Gasteiger partial charge in [-0.15, -0.1) is 0 Å². The molecule has 0 aliphatic carbocycles. The quantitative estimate of drug-likeness (QED) is 0.564. The number of benzene rings is 2. The minimum atomic E-state index is 0. The lowest BCUT2D eigenvalue weighted by atomic mass is 9.84. The Bertz CT molecular complexity index is 447. The molecule has 2 aromatic carbocycles. The first kappa shape index (κ1) is 11.8. The van der Waals surface area contributed by atoms with Gasteiger partial charge >= 0.3 is 0 Å². The van der Waals surface area contributed by atoms with Crippen LogP contribution in [0.3, 0.4) is 0 Å². The van der Waals surface area contributed by atoms with Gasteiger partial charge in [0.1, 0.15) is 0 Å². The van der Waals surface area contributed by atoms with E-state index in [2.05, 4.69) is 63.2 Å². The van der Waals surface area contributed by atoms with Gasteiger partial charge in [0.2, 0.25) is 0 Å². The van der Waals surface area contributed by atoms with Crippen LogP contribution >= 0.6 is 0 Å². The van der Waals surface area contributed by atoms with Crippen LogP contribution in [0.25, 0.3) is 10.8 Å². The van der Waals surface area contributed by atoms with Crippen LogP contribution in [-0.4, -0.2) is 0 Å². The topological polar surface area (TPSA) is 0 Å². The molecule has 0 aliphatic rings. The summed E-state index contributed by atoms with van der Waals surface area (Å²) in [6, 6.07) is 15.1. The van der Waals surface area contributed by atoms with Crippen LogP contribution in [-0.2, 0) is 5.41 Å². The summed E-state index contributed by atoms with van der Waals surface area (Å²) in [6.07, 6.45) is 0. The normalized spacial score (nSPS) is 11.1. The first-order valence-corrected chi connectivity index (χ1v) is 5.07. The van der Waals surface area contributed by atoms with E-state index in [-0.39, 0.29) is 14.3 Å². The van der Waals surface area contributed by atoms with E-state index in [1.165, 1.54) is 16.3 Å². The van der Waals surface area contributed by atoms with Crippen molar-refractivity contribution in [1.82, 2.24) is 0 Å². The van der Waals surface area contributed by atoms with Gasteiger partial charge in [0.15, 0.2) is 0 Å². The van der Waals surface area contributed by atoms with Crippen LogP contribution in [0.5, 0.6) is 0 Å². The molecule has 0 amide bonds. The van der Waals surface area contributed by atoms with Crippen molar-refractivity contribution in [3.8, 4) is 0 Å². The Labute approximate surface area is 94.4 Å². The van der Waals surface area contributed by atoms with Gasteiger partial charge in [-0.05, 0) is 21.8 Å². The first-order chi connectivity index (χ1) is 6.59. The molecule has 0 fully saturated rings. The molecule has 0 saturated carbocycles. The minimum absolute atomic E-state index is 0. The highest BCUT2D eigenvalue weighted by Gasteiger charge is 2.15. The zero-order valence-electron chi connectivity index (χ0n) is 9.04. The van der Waals surface area contributed by atoms with E-state index >= 15 is 0 Å². The zero-order valence-corrected chi connectivity index (χ0v) is 9.04. The lowest BCUT2D eigenvalue weighted by molar-refractivity contribution is 0.596. The molecule has 2 rings (SSSR count). The van der Waals surface area contributed by atoms with Crippen molar-refractivity contribution < 1.29 is 1.43 Å². The van der Waals surface area contributed by atoms with Crippen molar-refractivity contribution in [3.63, 3.8) is 0 Å². The number of rotatable bonds is 0. The maximum Gasteiger partial charge on any atom is 0 e. The van der Waals surface area contributed by atoms with Gasteiger partial charge < -0.3 is 0 Å². The van der Waals surface area contributed by atoms with E-state index in [1.54, 1.807) is 0 Å². The lowest BCUT2D eigenvalue weighted by Gasteiger charge is -2.21. The number of fused-ring (bicyclic) bond motifs is 1. The Balaban J connectivity index is 0.00000112. The highest BCUT2D eigenvalue weighted by atomic mass is 14.2. The van der Waals surface area contributed by atoms with E-state index in [0.29, 0.717) is 0 Å². The molecule has 0 unspecified atom stereocenters. The van der Waals surface area contributed by atoms with Gasteiger partial charge in [-0.3, -0.25) is 0 Å². The average Bonchev–Trinajstić information content (AvgIpc) is 2.15. The maximum atomic E-state index is 2.26. The van der Waals surface area contributed by atoms with Crippen LogP contribution in [0.2, 0.25) is 0 Å². The summed E-state index contributed by atoms with van der Waals surface area (Å²) in [6.45, 7) is 6.78. The van der Waals surface area contributed by atoms with Crippen molar-refractivity contribution in [2.24, 2.45) is 0 Å². The van der Waals surface area contributed by atoms with E-state index in [0.717, 1.165) is 0 Å². The smallest absolute Gasteiger partial charge is 0 e. The van der Waals surface area contributed by atoms with Crippen molar-refractivity contribution in [2.75, 3.05) is 0 Å². The average molecular weight is 203 g/mol. The Morgan fingerprint density at radius 1 is 0.867 bits per heavy atom. The molecule has 0 heterocycles. The van der Waals surface area contributed by atoms with Crippen molar-refractivity contribution in [1.29, 1.82) is 0 Å². The molecule has 0 atom stereocenters. The molecule has 82 valence electrons. The van der Waals surface area contributed by atoms with Gasteiger partial charge in [0.25, 0.3) is 0 Å². The largest absolute Gasteiger partial charge is 0.0776 e. The highest BCUT2D eigenvalue weighted by molar-refractivity contribution is 5.86. The summed E-state index contributed by atoms with van der Waals surface area (Å²) in [7, 11) is 0. The molecule has 0 spiro atoms. The predicted octanol–water partition coefficient (Wildman–Crippen LogP) is 5.02. The van der Waals surface area contributed by atoms with E-state index in [4.69, 9.17) is 0 Å². The summed E-state index contributed by atoms with van der Waals surface area (Å²) in [5.74, 6) is 0. The summed E-state index contributed by atoms with van der Waals surface area (Å²) in [5, 5.41) is 2.71. The third kappa shape index (κ3) is 2.20. The van der Waals surface area contributed by atoms with Crippen LogP contribution in [0, 0.1) is 0 Å². The van der Waals surface area contributed by atoms with Crippen molar-refractivity contribution in [2.45, 2.75) is 33.6 Å². The molecule has 0 nitrogen and oxygen atoms in total. The molecule has 0 saturated heterocycles. The van der Waals surface area contributed by atoms with Gasteiger partial charge in [0, 0.05) is 1.43 Å². The molecular weight excluding hydrogens is 180 g/mol. The van der Waals surface area contributed by atoms with E-state index in [1.807, 2.05) is 0 Å². The number of hydrogen-bond acceptors (Lipinski definition) is 0. The monoisotopic (exact) mass is 203 g/mol. The molecule has 0 N–H and O–H groups in total. The molecule has 0 aliphatic heterocycles. The Morgan fingerprint density at radius 2 is 1.47 bits per heavy atom. The van der Waals surface area contributed by atoms with Crippen LogP contribution in [0.15, 0.2) is 42.5 Å². The third-order valence-electron chi connectivity index (χ3n) is 2.60. The summed E-state index contributed by atoms with van der Waals surface area (Å²) < 4.78 is 0. The molecule has 2 aromatic rings. The van der Waals surface area contributed by atoms with E-state index in [9.17, 15) is 0 Å². The van der Waals surface area contributed by atoms with E-state index < -0.39 is 0 Å². The van der Waals surface area contributed by atoms with Gasteiger partial charge in [-0.2, -0.15) is 0 Å². The van der Waals surface area contributed by atoms with Gasteiger partial charge in [-0.25, -0.2) is 0 Å². The second-order valence-corrected chi connectivity index (χ2v) is 4.78. The van der Waals surface area contributed by atoms with Crippen LogP contribution in [0.4, 0.5) is 0 Å². The van der Waals surface area contributed by atoms with Crippen LogP contribution < -0.4 is 0 Å². The Hall–Kier alpha value is -1.30. The third-order valence-corrected chi connectivity index (χ3v) is 2.60. The fraction of sp³-hybridized carbons (Fsp3) is 0.333.